The molecule has 0 bridgehead atoms. The Morgan fingerprint density at radius 3 is 2.76 bits per heavy atom. The van der Waals surface area contributed by atoms with Crippen LogP contribution in [0.5, 0.6) is 0 Å². The van der Waals surface area contributed by atoms with Gasteiger partial charge in [-0.1, -0.05) is 6.07 Å². The van der Waals surface area contributed by atoms with Gasteiger partial charge in [0, 0.05) is 17.5 Å². The minimum atomic E-state index is -0.462. The van der Waals surface area contributed by atoms with Gasteiger partial charge >= 0.3 is 0 Å². The molecule has 6 nitrogen and oxygen atoms in total. The zero-order valence-corrected chi connectivity index (χ0v) is 8.79. The lowest BCUT2D eigenvalue weighted by Gasteiger charge is -2.00. The SMILES string of the molecule is NC(=O)Cc1ccc2cc([N+](=O)[O-])ccc2n1. The van der Waals surface area contributed by atoms with E-state index in [1.807, 2.05) is 0 Å². The predicted molar refractivity (Wildman–Crippen MR) is 61.3 cm³/mol. The summed E-state index contributed by atoms with van der Waals surface area (Å²) in [6, 6.07) is 7.70. The molecule has 0 aliphatic rings. The van der Waals surface area contributed by atoms with Crippen molar-refractivity contribution in [1.82, 2.24) is 4.98 Å². The van der Waals surface area contributed by atoms with E-state index in [9.17, 15) is 14.9 Å². The second-order valence-corrected chi connectivity index (χ2v) is 3.58. The molecule has 0 atom stereocenters. The molecule has 0 spiro atoms. The molecular weight excluding hydrogens is 222 g/mol. The van der Waals surface area contributed by atoms with E-state index in [1.165, 1.54) is 12.1 Å². The van der Waals surface area contributed by atoms with E-state index in [0.29, 0.717) is 16.6 Å². The third-order valence-corrected chi connectivity index (χ3v) is 2.30. The van der Waals surface area contributed by atoms with Gasteiger partial charge in [-0.2, -0.15) is 0 Å². The summed E-state index contributed by atoms with van der Waals surface area (Å²) in [6.45, 7) is 0. The van der Waals surface area contributed by atoms with Crippen LogP contribution < -0.4 is 5.73 Å². The number of hydrogen-bond donors (Lipinski definition) is 1. The smallest absolute Gasteiger partial charge is 0.270 e. The van der Waals surface area contributed by atoms with Crippen molar-refractivity contribution in [2.75, 3.05) is 0 Å². The van der Waals surface area contributed by atoms with Crippen molar-refractivity contribution >= 4 is 22.5 Å². The molecule has 0 aliphatic heterocycles. The van der Waals surface area contributed by atoms with Crippen molar-refractivity contribution in [2.24, 2.45) is 5.73 Å². The van der Waals surface area contributed by atoms with Crippen LogP contribution in [0.15, 0.2) is 30.3 Å². The number of nitrogens with zero attached hydrogens (tertiary/aromatic N) is 2. The molecule has 1 aromatic carbocycles. The number of benzene rings is 1. The molecule has 2 aromatic rings. The van der Waals surface area contributed by atoms with Crippen molar-refractivity contribution in [3.05, 3.63) is 46.1 Å². The van der Waals surface area contributed by atoms with Crippen LogP contribution in [0, 0.1) is 10.1 Å². The molecule has 86 valence electrons. The summed E-state index contributed by atoms with van der Waals surface area (Å²) in [4.78, 5) is 25.1. The minimum absolute atomic E-state index is 0.0157. The highest BCUT2D eigenvalue weighted by Gasteiger charge is 2.07. The first-order valence-electron chi connectivity index (χ1n) is 4.88. The molecule has 0 saturated carbocycles. The Morgan fingerprint density at radius 2 is 2.12 bits per heavy atom. The quantitative estimate of drug-likeness (QED) is 0.633. The van der Waals surface area contributed by atoms with Crippen molar-refractivity contribution in [3.63, 3.8) is 0 Å². The van der Waals surface area contributed by atoms with Crippen LogP contribution in [0.3, 0.4) is 0 Å². The number of rotatable bonds is 3. The van der Waals surface area contributed by atoms with Gasteiger partial charge in [-0.25, -0.2) is 0 Å². The number of carbonyl (C=O) groups is 1. The highest BCUT2D eigenvalue weighted by molar-refractivity contribution is 5.82. The molecule has 2 N–H and O–H groups in total. The Hall–Kier alpha value is -2.50. The summed E-state index contributed by atoms with van der Waals surface area (Å²) < 4.78 is 0. The number of amides is 1. The van der Waals surface area contributed by atoms with E-state index < -0.39 is 10.8 Å². The van der Waals surface area contributed by atoms with Crippen molar-refractivity contribution in [1.29, 1.82) is 0 Å². The molecule has 0 unspecified atom stereocenters. The average molecular weight is 231 g/mol. The second kappa shape index (κ2) is 4.17. The molecule has 1 amide bonds. The van der Waals surface area contributed by atoms with Gasteiger partial charge in [-0.15, -0.1) is 0 Å². The number of primary amides is 1. The first-order chi connectivity index (χ1) is 8.06. The Bertz CT molecular complexity index is 610. The molecule has 2 rings (SSSR count). The van der Waals surface area contributed by atoms with Gasteiger partial charge in [-0.05, 0) is 12.1 Å². The Balaban J connectivity index is 2.46. The summed E-state index contributed by atoms with van der Waals surface area (Å²) in [5, 5.41) is 11.2. The molecule has 0 aliphatic carbocycles. The Kier molecular flexibility index (Phi) is 2.70. The van der Waals surface area contributed by atoms with Crippen molar-refractivity contribution in [2.45, 2.75) is 6.42 Å². The predicted octanol–water partition coefficient (Wildman–Crippen LogP) is 1.17. The summed E-state index contributed by atoms with van der Waals surface area (Å²) in [6.07, 6.45) is 0.0624. The van der Waals surface area contributed by atoms with E-state index in [1.54, 1.807) is 18.2 Å². The number of nitrogens with two attached hydrogens (primary N) is 1. The largest absolute Gasteiger partial charge is 0.369 e. The van der Waals surface area contributed by atoms with Crippen LogP contribution in [-0.2, 0) is 11.2 Å². The molecule has 1 aromatic heterocycles. The van der Waals surface area contributed by atoms with Gasteiger partial charge in [-0.3, -0.25) is 19.9 Å². The van der Waals surface area contributed by atoms with E-state index in [2.05, 4.69) is 4.98 Å². The van der Waals surface area contributed by atoms with E-state index in [0.717, 1.165) is 0 Å². The number of pyridine rings is 1. The standard InChI is InChI=1S/C11H9N3O3/c12-11(15)6-8-2-1-7-5-9(14(16)17)3-4-10(7)13-8/h1-5H,6H2,(H2,12,15). The van der Waals surface area contributed by atoms with Gasteiger partial charge in [0.2, 0.25) is 5.91 Å². The number of hydrogen-bond acceptors (Lipinski definition) is 4. The van der Waals surface area contributed by atoms with Gasteiger partial charge in [0.25, 0.3) is 5.69 Å². The van der Waals surface area contributed by atoms with Crippen molar-refractivity contribution in [3.8, 4) is 0 Å². The van der Waals surface area contributed by atoms with Crippen molar-refractivity contribution < 1.29 is 9.72 Å². The number of nitro groups is 1. The zero-order valence-electron chi connectivity index (χ0n) is 8.79. The topological polar surface area (TPSA) is 99.1 Å². The molecular formula is C11H9N3O3. The second-order valence-electron chi connectivity index (χ2n) is 3.58. The van der Waals surface area contributed by atoms with Crippen LogP contribution >= 0.6 is 0 Å². The maximum Gasteiger partial charge on any atom is 0.270 e. The highest BCUT2D eigenvalue weighted by atomic mass is 16.6. The van der Waals surface area contributed by atoms with Crippen LogP contribution in [0.2, 0.25) is 0 Å². The Morgan fingerprint density at radius 1 is 1.35 bits per heavy atom. The summed E-state index contributed by atoms with van der Waals surface area (Å²) in [5.74, 6) is -0.459. The highest BCUT2D eigenvalue weighted by Crippen LogP contribution is 2.19. The normalized spacial score (nSPS) is 10.4. The van der Waals surface area contributed by atoms with E-state index >= 15 is 0 Å². The average Bonchev–Trinajstić information content (AvgIpc) is 2.27. The molecule has 0 radical (unpaired) electrons. The molecule has 0 saturated heterocycles. The summed E-state index contributed by atoms with van der Waals surface area (Å²) in [5.41, 5.74) is 6.24. The summed E-state index contributed by atoms with van der Waals surface area (Å²) in [7, 11) is 0. The fourth-order valence-electron chi connectivity index (χ4n) is 1.55. The van der Waals surface area contributed by atoms with Crippen LogP contribution in [0.1, 0.15) is 5.69 Å². The maximum atomic E-state index is 10.7. The molecule has 17 heavy (non-hydrogen) atoms. The number of non-ortho nitro benzene ring substituents is 1. The number of aromatic nitrogens is 1. The third kappa shape index (κ3) is 2.36. The van der Waals surface area contributed by atoms with Gasteiger partial charge in [0.15, 0.2) is 0 Å². The van der Waals surface area contributed by atoms with E-state index in [-0.39, 0.29) is 12.1 Å². The van der Waals surface area contributed by atoms with Crippen LogP contribution in [-0.4, -0.2) is 15.8 Å². The third-order valence-electron chi connectivity index (χ3n) is 2.30. The van der Waals surface area contributed by atoms with Crippen LogP contribution in [0.25, 0.3) is 10.9 Å². The fraction of sp³-hybridized carbons (Fsp3) is 0.0909. The monoisotopic (exact) mass is 231 g/mol. The lowest BCUT2D eigenvalue weighted by atomic mass is 10.1. The van der Waals surface area contributed by atoms with Crippen LogP contribution in [0.4, 0.5) is 5.69 Å². The lowest BCUT2D eigenvalue weighted by molar-refractivity contribution is -0.384. The molecule has 1 heterocycles. The lowest BCUT2D eigenvalue weighted by Crippen LogP contribution is -2.14. The number of carbonyl (C=O) groups excluding carboxylic acids is 1. The van der Waals surface area contributed by atoms with Gasteiger partial charge < -0.3 is 5.73 Å². The van der Waals surface area contributed by atoms with E-state index in [4.69, 9.17) is 5.73 Å². The van der Waals surface area contributed by atoms with Gasteiger partial charge in [0.05, 0.1) is 22.6 Å². The molecule has 6 heteroatoms. The first-order valence-corrected chi connectivity index (χ1v) is 4.88. The minimum Gasteiger partial charge on any atom is -0.369 e. The number of fused-ring (bicyclic) bond motifs is 1. The fourth-order valence-corrected chi connectivity index (χ4v) is 1.55. The number of nitro benzene ring substituents is 1. The molecule has 0 fully saturated rings. The maximum absolute atomic E-state index is 10.7. The zero-order chi connectivity index (χ0) is 12.4. The Labute approximate surface area is 96.2 Å². The first kappa shape index (κ1) is 11.0. The van der Waals surface area contributed by atoms with Gasteiger partial charge in [0.1, 0.15) is 0 Å². The summed E-state index contributed by atoms with van der Waals surface area (Å²) >= 11 is 0.